The molecular weight excluding hydrogens is 250 g/mol. The van der Waals surface area contributed by atoms with Crippen LogP contribution in [0.3, 0.4) is 0 Å². The van der Waals surface area contributed by atoms with Crippen LogP contribution in [0, 0.1) is 6.92 Å². The van der Waals surface area contributed by atoms with Gasteiger partial charge in [0.25, 0.3) is 0 Å². The Kier molecular flexibility index (Phi) is 4.53. The van der Waals surface area contributed by atoms with Crippen LogP contribution in [-0.2, 0) is 6.54 Å². The number of nitrogens with one attached hydrogen (secondary N) is 2. The molecule has 4 N–H and O–H groups in total. The summed E-state index contributed by atoms with van der Waals surface area (Å²) in [5.74, 6) is 7.39. The van der Waals surface area contributed by atoms with E-state index in [9.17, 15) is 0 Å². The third kappa shape index (κ3) is 3.24. The number of hydrogen-bond donors (Lipinski definition) is 3. The van der Waals surface area contributed by atoms with E-state index in [0.29, 0.717) is 11.7 Å². The number of rotatable bonds is 5. The van der Waals surface area contributed by atoms with Crippen molar-refractivity contribution < 1.29 is 0 Å². The van der Waals surface area contributed by atoms with Gasteiger partial charge in [0.1, 0.15) is 18.0 Å². The predicted octanol–water partition coefficient (Wildman–Crippen LogP) is 2.81. The van der Waals surface area contributed by atoms with Gasteiger partial charge in [0.05, 0.1) is 0 Å². The van der Waals surface area contributed by atoms with Gasteiger partial charge in [-0.3, -0.25) is 0 Å². The van der Waals surface area contributed by atoms with Crippen LogP contribution in [0.15, 0.2) is 30.6 Å². The van der Waals surface area contributed by atoms with Crippen LogP contribution >= 0.6 is 0 Å². The van der Waals surface area contributed by atoms with E-state index in [1.165, 1.54) is 17.5 Å². The van der Waals surface area contributed by atoms with E-state index in [4.69, 9.17) is 5.84 Å². The summed E-state index contributed by atoms with van der Waals surface area (Å²) in [7, 11) is 0. The Morgan fingerprint density at radius 3 is 2.35 bits per heavy atom. The molecule has 0 unspecified atom stereocenters. The maximum atomic E-state index is 5.40. The van der Waals surface area contributed by atoms with E-state index >= 15 is 0 Å². The van der Waals surface area contributed by atoms with Gasteiger partial charge in [-0.1, -0.05) is 38.1 Å². The van der Waals surface area contributed by atoms with Gasteiger partial charge in [0.15, 0.2) is 0 Å². The molecule has 0 aliphatic rings. The van der Waals surface area contributed by atoms with Crippen molar-refractivity contribution in [3.63, 3.8) is 0 Å². The second-order valence-corrected chi connectivity index (χ2v) is 5.09. The van der Waals surface area contributed by atoms with E-state index in [0.717, 1.165) is 17.9 Å². The zero-order valence-corrected chi connectivity index (χ0v) is 12.1. The number of benzene rings is 1. The smallest absolute Gasteiger partial charge is 0.148 e. The summed E-state index contributed by atoms with van der Waals surface area (Å²) in [5.41, 5.74) is 6.04. The van der Waals surface area contributed by atoms with E-state index in [1.807, 2.05) is 6.92 Å². The molecule has 0 aliphatic carbocycles. The SMILES string of the molecule is Cc1c(NN)ncnc1NCc1ccc(C(C)C)cc1. The van der Waals surface area contributed by atoms with Crippen molar-refractivity contribution in [3.8, 4) is 0 Å². The Hall–Kier alpha value is -2.14. The molecule has 1 heterocycles. The molecule has 0 bridgehead atoms. The molecule has 2 rings (SSSR count). The lowest BCUT2D eigenvalue weighted by Crippen LogP contribution is -2.12. The van der Waals surface area contributed by atoms with E-state index in [1.54, 1.807) is 0 Å². The lowest BCUT2D eigenvalue weighted by Gasteiger charge is -2.11. The van der Waals surface area contributed by atoms with Gasteiger partial charge in [-0.2, -0.15) is 0 Å². The number of nitrogens with two attached hydrogens (primary N) is 1. The molecule has 0 aliphatic heterocycles. The van der Waals surface area contributed by atoms with Crippen LogP contribution in [0.25, 0.3) is 0 Å². The van der Waals surface area contributed by atoms with Crippen molar-refractivity contribution in [1.29, 1.82) is 0 Å². The second-order valence-electron chi connectivity index (χ2n) is 5.09. The summed E-state index contributed by atoms with van der Waals surface area (Å²) < 4.78 is 0. The molecule has 0 saturated carbocycles. The van der Waals surface area contributed by atoms with E-state index in [-0.39, 0.29) is 0 Å². The second kappa shape index (κ2) is 6.34. The summed E-state index contributed by atoms with van der Waals surface area (Å²) >= 11 is 0. The average molecular weight is 271 g/mol. The lowest BCUT2D eigenvalue weighted by atomic mass is 10.0. The first-order valence-corrected chi connectivity index (χ1v) is 6.72. The van der Waals surface area contributed by atoms with Gasteiger partial charge in [-0.15, -0.1) is 0 Å². The zero-order chi connectivity index (χ0) is 14.5. The van der Waals surface area contributed by atoms with Crippen molar-refractivity contribution in [3.05, 3.63) is 47.3 Å². The quantitative estimate of drug-likeness (QED) is 0.576. The molecule has 5 nitrogen and oxygen atoms in total. The normalized spacial score (nSPS) is 10.7. The Morgan fingerprint density at radius 2 is 1.75 bits per heavy atom. The van der Waals surface area contributed by atoms with Crippen molar-refractivity contribution in [1.82, 2.24) is 9.97 Å². The monoisotopic (exact) mass is 271 g/mol. The summed E-state index contributed by atoms with van der Waals surface area (Å²) in [6, 6.07) is 8.62. The molecule has 106 valence electrons. The fourth-order valence-corrected chi connectivity index (χ4v) is 1.98. The van der Waals surface area contributed by atoms with E-state index < -0.39 is 0 Å². The fourth-order valence-electron chi connectivity index (χ4n) is 1.98. The largest absolute Gasteiger partial charge is 0.366 e. The third-order valence-electron chi connectivity index (χ3n) is 3.33. The highest BCUT2D eigenvalue weighted by Crippen LogP contribution is 2.19. The van der Waals surface area contributed by atoms with Gasteiger partial charge >= 0.3 is 0 Å². The highest BCUT2D eigenvalue weighted by molar-refractivity contribution is 5.55. The lowest BCUT2D eigenvalue weighted by molar-refractivity contribution is 0.865. The number of anilines is 2. The maximum Gasteiger partial charge on any atom is 0.148 e. The standard InChI is InChI=1S/C15H21N5/c1-10(2)13-6-4-12(5-7-13)8-17-14-11(3)15(20-16)19-9-18-14/h4-7,9-10H,8,16H2,1-3H3,(H2,17,18,19,20). The van der Waals surface area contributed by atoms with Gasteiger partial charge in [0.2, 0.25) is 0 Å². The Bertz CT molecular complexity index is 563. The minimum atomic E-state index is 0.555. The van der Waals surface area contributed by atoms with Crippen molar-refractivity contribution in [2.24, 2.45) is 5.84 Å². The van der Waals surface area contributed by atoms with Crippen LogP contribution in [0.2, 0.25) is 0 Å². The molecule has 0 fully saturated rings. The maximum absolute atomic E-state index is 5.40. The minimum absolute atomic E-state index is 0.555. The first kappa shape index (κ1) is 14.3. The number of hydrazine groups is 1. The van der Waals surface area contributed by atoms with E-state index in [2.05, 4.69) is 58.8 Å². The molecule has 0 radical (unpaired) electrons. The van der Waals surface area contributed by atoms with Crippen molar-refractivity contribution >= 4 is 11.6 Å². The zero-order valence-electron chi connectivity index (χ0n) is 12.1. The molecule has 2 aromatic rings. The summed E-state index contributed by atoms with van der Waals surface area (Å²) in [6.45, 7) is 7.04. The van der Waals surface area contributed by atoms with Gasteiger partial charge in [-0.05, 0) is 24.0 Å². The highest BCUT2D eigenvalue weighted by atomic mass is 15.3. The molecule has 0 saturated heterocycles. The molecule has 5 heteroatoms. The number of nitrogens with zero attached hydrogens (tertiary/aromatic N) is 2. The fraction of sp³-hybridized carbons (Fsp3) is 0.333. The molecule has 0 spiro atoms. The molecule has 1 aromatic carbocycles. The average Bonchev–Trinajstić information content (AvgIpc) is 2.46. The summed E-state index contributed by atoms with van der Waals surface area (Å²) in [5, 5.41) is 3.31. The first-order valence-electron chi connectivity index (χ1n) is 6.72. The van der Waals surface area contributed by atoms with Crippen LogP contribution in [0.1, 0.15) is 36.5 Å². The molecular formula is C15H21N5. The van der Waals surface area contributed by atoms with Crippen LogP contribution in [-0.4, -0.2) is 9.97 Å². The summed E-state index contributed by atoms with van der Waals surface area (Å²) in [6.07, 6.45) is 1.49. The van der Waals surface area contributed by atoms with Crippen LogP contribution in [0.4, 0.5) is 11.6 Å². The number of aromatic nitrogens is 2. The van der Waals surface area contributed by atoms with Crippen molar-refractivity contribution in [2.45, 2.75) is 33.2 Å². The minimum Gasteiger partial charge on any atom is -0.366 e. The first-order chi connectivity index (χ1) is 9.61. The Labute approximate surface area is 119 Å². The predicted molar refractivity (Wildman–Crippen MR) is 82.4 cm³/mol. The van der Waals surface area contributed by atoms with Crippen LogP contribution < -0.4 is 16.6 Å². The number of nitrogen functional groups attached to an aromatic ring is 1. The third-order valence-corrected chi connectivity index (χ3v) is 3.33. The van der Waals surface area contributed by atoms with Gasteiger partial charge in [0, 0.05) is 12.1 Å². The van der Waals surface area contributed by atoms with Gasteiger partial charge < -0.3 is 10.7 Å². The Morgan fingerprint density at radius 1 is 1.10 bits per heavy atom. The van der Waals surface area contributed by atoms with Crippen molar-refractivity contribution in [2.75, 3.05) is 10.7 Å². The molecule has 20 heavy (non-hydrogen) atoms. The Balaban J connectivity index is 2.05. The highest BCUT2D eigenvalue weighted by Gasteiger charge is 2.05. The summed E-state index contributed by atoms with van der Waals surface area (Å²) in [4.78, 5) is 8.29. The molecule has 0 atom stereocenters. The van der Waals surface area contributed by atoms with Gasteiger partial charge in [-0.25, -0.2) is 15.8 Å². The van der Waals surface area contributed by atoms with Crippen LogP contribution in [0.5, 0.6) is 0 Å². The number of hydrogen-bond acceptors (Lipinski definition) is 5. The molecule has 0 amide bonds. The molecule has 1 aromatic heterocycles. The topological polar surface area (TPSA) is 75.9 Å².